The fourth-order valence-electron chi connectivity index (χ4n) is 2.98. The molecule has 1 aliphatic rings. The Balaban J connectivity index is 1.93. The van der Waals surface area contributed by atoms with Crippen LogP contribution >= 0.6 is 15.9 Å². The number of nitrogens with one attached hydrogen (secondary N) is 1. The molecule has 2 atom stereocenters. The lowest BCUT2D eigenvalue weighted by Gasteiger charge is -2.31. The topological polar surface area (TPSA) is 12.0 Å². The summed E-state index contributed by atoms with van der Waals surface area (Å²) in [5, 5.41) is 3.22. The number of rotatable bonds is 2. The predicted octanol–water partition coefficient (Wildman–Crippen LogP) is 5.78. The molecule has 0 bridgehead atoms. The zero-order valence-electron chi connectivity index (χ0n) is 11.7. The molecule has 0 aliphatic heterocycles. The first-order valence-electron chi connectivity index (χ1n) is 7.06. The molecule has 0 saturated heterocycles. The molecule has 0 fully saturated rings. The summed E-state index contributed by atoms with van der Waals surface area (Å²) in [6, 6.07) is 10.7. The van der Waals surface area contributed by atoms with Crippen LogP contribution in [0, 0.1) is 11.6 Å². The van der Waals surface area contributed by atoms with Gasteiger partial charge >= 0.3 is 0 Å². The van der Waals surface area contributed by atoms with E-state index in [0.29, 0.717) is 11.6 Å². The van der Waals surface area contributed by atoms with Crippen molar-refractivity contribution in [1.82, 2.24) is 0 Å². The molecule has 0 radical (unpaired) electrons. The van der Waals surface area contributed by atoms with E-state index in [-0.39, 0.29) is 10.5 Å². The highest BCUT2D eigenvalue weighted by atomic mass is 79.9. The summed E-state index contributed by atoms with van der Waals surface area (Å²) < 4.78 is 27.5. The van der Waals surface area contributed by atoms with Crippen LogP contribution in [-0.2, 0) is 0 Å². The van der Waals surface area contributed by atoms with Crippen LogP contribution in [0.15, 0.2) is 40.9 Å². The van der Waals surface area contributed by atoms with Gasteiger partial charge in [0.2, 0.25) is 0 Å². The third kappa shape index (κ3) is 2.82. The highest BCUT2D eigenvalue weighted by Crippen LogP contribution is 2.39. The molecule has 2 aromatic rings. The zero-order valence-corrected chi connectivity index (χ0v) is 13.3. The van der Waals surface area contributed by atoms with E-state index in [2.05, 4.69) is 40.3 Å². The minimum atomic E-state index is -0.587. The molecule has 3 rings (SSSR count). The van der Waals surface area contributed by atoms with Crippen molar-refractivity contribution in [2.45, 2.75) is 31.7 Å². The maximum atomic E-state index is 13.9. The Morgan fingerprint density at radius 2 is 1.76 bits per heavy atom. The van der Waals surface area contributed by atoms with Crippen LogP contribution in [0.25, 0.3) is 0 Å². The first-order chi connectivity index (χ1) is 10.1. The van der Waals surface area contributed by atoms with E-state index in [9.17, 15) is 8.78 Å². The molecule has 0 saturated carbocycles. The summed E-state index contributed by atoms with van der Waals surface area (Å²) in [5.74, 6) is -0.633. The van der Waals surface area contributed by atoms with E-state index in [4.69, 9.17) is 0 Å². The van der Waals surface area contributed by atoms with Gasteiger partial charge in [-0.25, -0.2) is 8.78 Å². The van der Waals surface area contributed by atoms with Crippen molar-refractivity contribution in [3.05, 3.63) is 63.6 Å². The maximum Gasteiger partial charge on any atom is 0.149 e. The van der Waals surface area contributed by atoms with Crippen LogP contribution in [0.1, 0.15) is 42.9 Å². The van der Waals surface area contributed by atoms with Crippen molar-refractivity contribution in [1.29, 1.82) is 0 Å². The number of benzene rings is 2. The molecule has 21 heavy (non-hydrogen) atoms. The van der Waals surface area contributed by atoms with Crippen LogP contribution in [0.5, 0.6) is 0 Å². The van der Waals surface area contributed by atoms with Gasteiger partial charge in [-0.3, -0.25) is 0 Å². The van der Waals surface area contributed by atoms with E-state index in [1.54, 1.807) is 0 Å². The Labute approximate surface area is 131 Å². The number of halogens is 3. The Bertz CT molecular complexity index is 672. The molecule has 0 spiro atoms. The van der Waals surface area contributed by atoms with Crippen LogP contribution in [0.2, 0.25) is 0 Å². The lowest BCUT2D eigenvalue weighted by atomic mass is 9.81. The number of hydrogen-bond donors (Lipinski definition) is 1. The molecule has 4 heteroatoms. The zero-order chi connectivity index (χ0) is 15.0. The van der Waals surface area contributed by atoms with Crippen LogP contribution in [-0.4, -0.2) is 0 Å². The quantitative estimate of drug-likeness (QED) is 0.676. The molecular formula is C17H16BrF2N. The number of anilines is 1. The van der Waals surface area contributed by atoms with Crippen LogP contribution in [0.4, 0.5) is 14.5 Å². The molecule has 2 aromatic carbocycles. The molecule has 0 aromatic heterocycles. The van der Waals surface area contributed by atoms with Crippen LogP contribution in [0.3, 0.4) is 0 Å². The van der Waals surface area contributed by atoms with E-state index >= 15 is 0 Å². The number of fused-ring (bicyclic) bond motifs is 1. The molecule has 1 N–H and O–H groups in total. The Morgan fingerprint density at radius 1 is 1.05 bits per heavy atom. The highest BCUT2D eigenvalue weighted by Gasteiger charge is 2.25. The fourth-order valence-corrected chi connectivity index (χ4v) is 3.32. The van der Waals surface area contributed by atoms with Gasteiger partial charge in [0.05, 0.1) is 16.2 Å². The molecule has 0 heterocycles. The maximum absolute atomic E-state index is 13.9. The van der Waals surface area contributed by atoms with E-state index < -0.39 is 11.6 Å². The van der Waals surface area contributed by atoms with Crippen molar-refractivity contribution in [3.8, 4) is 0 Å². The second-order valence-electron chi connectivity index (χ2n) is 5.55. The van der Waals surface area contributed by atoms with Gasteiger partial charge in [-0.2, -0.15) is 0 Å². The van der Waals surface area contributed by atoms with E-state index in [0.717, 1.165) is 18.9 Å². The largest absolute Gasteiger partial charge is 0.376 e. The smallest absolute Gasteiger partial charge is 0.149 e. The standard InChI is InChI=1S/C17H16BrF2N/c1-10-6-7-16(12-5-3-2-4-11(10)12)21-17-8-13(18)14(19)9-15(17)20/h2-5,8-10,16,21H,6-7H2,1H3. The summed E-state index contributed by atoms with van der Waals surface area (Å²) in [7, 11) is 0. The van der Waals surface area contributed by atoms with Gasteiger partial charge in [0.1, 0.15) is 11.6 Å². The SMILES string of the molecule is CC1CCC(Nc2cc(Br)c(F)cc2F)c2ccccc21. The summed E-state index contributed by atoms with van der Waals surface area (Å²) in [4.78, 5) is 0. The first kappa shape index (κ1) is 14.5. The second kappa shape index (κ2) is 5.76. The Kier molecular flexibility index (Phi) is 3.98. The molecular weight excluding hydrogens is 336 g/mol. The highest BCUT2D eigenvalue weighted by molar-refractivity contribution is 9.10. The molecule has 0 amide bonds. The average molecular weight is 352 g/mol. The monoisotopic (exact) mass is 351 g/mol. The normalized spacial score (nSPS) is 21.0. The summed E-state index contributed by atoms with van der Waals surface area (Å²) >= 11 is 3.10. The third-order valence-electron chi connectivity index (χ3n) is 4.13. The molecule has 1 nitrogen and oxygen atoms in total. The average Bonchev–Trinajstić information content (AvgIpc) is 2.48. The molecule has 1 aliphatic carbocycles. The van der Waals surface area contributed by atoms with Crippen molar-refractivity contribution in [2.24, 2.45) is 0 Å². The lowest BCUT2D eigenvalue weighted by molar-refractivity contribution is 0.529. The Morgan fingerprint density at radius 3 is 2.52 bits per heavy atom. The lowest BCUT2D eigenvalue weighted by Crippen LogP contribution is -2.19. The minimum absolute atomic E-state index is 0.0595. The van der Waals surface area contributed by atoms with Gasteiger partial charge < -0.3 is 5.32 Å². The molecule has 2 unspecified atom stereocenters. The van der Waals surface area contributed by atoms with Gasteiger partial charge in [-0.05, 0) is 51.9 Å². The van der Waals surface area contributed by atoms with Crippen LogP contribution < -0.4 is 5.32 Å². The van der Waals surface area contributed by atoms with Crippen molar-refractivity contribution < 1.29 is 8.78 Å². The van der Waals surface area contributed by atoms with Crippen molar-refractivity contribution in [3.63, 3.8) is 0 Å². The van der Waals surface area contributed by atoms with Crippen molar-refractivity contribution >= 4 is 21.6 Å². The van der Waals surface area contributed by atoms with Gasteiger partial charge in [-0.1, -0.05) is 31.2 Å². The van der Waals surface area contributed by atoms with E-state index in [1.807, 2.05) is 12.1 Å². The minimum Gasteiger partial charge on any atom is -0.376 e. The first-order valence-corrected chi connectivity index (χ1v) is 7.85. The second-order valence-corrected chi connectivity index (χ2v) is 6.40. The van der Waals surface area contributed by atoms with Crippen molar-refractivity contribution in [2.75, 3.05) is 5.32 Å². The third-order valence-corrected chi connectivity index (χ3v) is 4.74. The van der Waals surface area contributed by atoms with Gasteiger partial charge in [0, 0.05) is 6.07 Å². The van der Waals surface area contributed by atoms with Gasteiger partial charge in [-0.15, -0.1) is 0 Å². The van der Waals surface area contributed by atoms with E-state index in [1.165, 1.54) is 17.2 Å². The molecule has 110 valence electrons. The van der Waals surface area contributed by atoms with Gasteiger partial charge in [0.25, 0.3) is 0 Å². The van der Waals surface area contributed by atoms with Gasteiger partial charge in [0.15, 0.2) is 0 Å². The summed E-state index contributed by atoms with van der Waals surface area (Å²) in [5.41, 5.74) is 2.84. The number of hydrogen-bond acceptors (Lipinski definition) is 1. The fraction of sp³-hybridized carbons (Fsp3) is 0.294. The predicted molar refractivity (Wildman–Crippen MR) is 84.5 cm³/mol. The Hall–Kier alpha value is -1.42. The summed E-state index contributed by atoms with van der Waals surface area (Å²) in [6.45, 7) is 2.21. The summed E-state index contributed by atoms with van der Waals surface area (Å²) in [6.07, 6.45) is 1.99.